The van der Waals surface area contributed by atoms with E-state index >= 15 is 0 Å². The zero-order valence-corrected chi connectivity index (χ0v) is 16.0. The van der Waals surface area contributed by atoms with Crippen LogP contribution < -0.4 is 0 Å². The normalized spacial score (nSPS) is 12.3. The summed E-state index contributed by atoms with van der Waals surface area (Å²) < 4.78 is 5.82. The van der Waals surface area contributed by atoms with E-state index in [9.17, 15) is 14.7 Å². The third-order valence-electron chi connectivity index (χ3n) is 4.40. The molecule has 0 radical (unpaired) electrons. The molecule has 0 saturated carbocycles. The maximum atomic E-state index is 12.6. The highest BCUT2D eigenvalue weighted by atomic mass is 35.5. The first-order chi connectivity index (χ1) is 13.1. The monoisotopic (exact) mass is 397 g/mol. The number of pyridine rings is 1. The van der Waals surface area contributed by atoms with Crippen molar-refractivity contribution in [3.63, 3.8) is 0 Å². The number of nitrogens with zero attached hydrogens (tertiary/aromatic N) is 1. The van der Waals surface area contributed by atoms with Gasteiger partial charge in [0.1, 0.15) is 6.10 Å². The lowest BCUT2D eigenvalue weighted by atomic mass is 9.88. The Bertz CT molecular complexity index is 932. The zero-order chi connectivity index (χ0) is 19.2. The number of carboxylic acid groups (broad SMARTS) is 1. The molecule has 2 atom stereocenters. The summed E-state index contributed by atoms with van der Waals surface area (Å²) in [7, 11) is 0. The molecule has 0 fully saturated rings. The first kappa shape index (κ1) is 21.1. The van der Waals surface area contributed by atoms with E-state index in [1.807, 2.05) is 43.3 Å². The number of carbonyl (C=O) groups is 2. The lowest BCUT2D eigenvalue weighted by Gasteiger charge is -2.26. The number of aromatic carboxylic acids is 1. The smallest absolute Gasteiger partial charge is 0.338 e. The molecule has 1 aromatic heterocycles. The number of hydrogen-bond donors (Lipinski definition) is 1. The quantitative estimate of drug-likeness (QED) is 0.598. The SMILES string of the molecule is CC(c1ccncc1C(=O)O)C(OC(=O)c1ccccc1)c1ccccc1.Cl. The van der Waals surface area contributed by atoms with Crippen LogP contribution in [0.25, 0.3) is 0 Å². The van der Waals surface area contributed by atoms with Crippen LogP contribution in [0.4, 0.5) is 0 Å². The molecule has 1 heterocycles. The molecule has 5 nitrogen and oxygen atoms in total. The Morgan fingerprint density at radius 2 is 1.57 bits per heavy atom. The van der Waals surface area contributed by atoms with Crippen molar-refractivity contribution in [3.05, 3.63) is 101 Å². The van der Waals surface area contributed by atoms with Crippen molar-refractivity contribution in [1.29, 1.82) is 0 Å². The predicted octanol–water partition coefficient (Wildman–Crippen LogP) is 4.90. The van der Waals surface area contributed by atoms with Gasteiger partial charge in [-0.3, -0.25) is 4.98 Å². The molecule has 2 aromatic carbocycles. The maximum Gasteiger partial charge on any atom is 0.338 e. The van der Waals surface area contributed by atoms with E-state index in [2.05, 4.69) is 4.98 Å². The van der Waals surface area contributed by atoms with Crippen molar-refractivity contribution in [3.8, 4) is 0 Å². The highest BCUT2D eigenvalue weighted by Crippen LogP contribution is 2.35. The van der Waals surface area contributed by atoms with Gasteiger partial charge in [-0.15, -0.1) is 12.4 Å². The van der Waals surface area contributed by atoms with Gasteiger partial charge in [-0.25, -0.2) is 9.59 Å². The Morgan fingerprint density at radius 3 is 2.18 bits per heavy atom. The molecule has 0 aliphatic heterocycles. The lowest BCUT2D eigenvalue weighted by Crippen LogP contribution is -2.19. The summed E-state index contributed by atoms with van der Waals surface area (Å²) in [4.78, 5) is 28.1. The predicted molar refractivity (Wildman–Crippen MR) is 108 cm³/mol. The summed E-state index contributed by atoms with van der Waals surface area (Å²) in [5, 5.41) is 9.48. The van der Waals surface area contributed by atoms with Crippen molar-refractivity contribution in [2.24, 2.45) is 0 Å². The van der Waals surface area contributed by atoms with Crippen LogP contribution in [0.2, 0.25) is 0 Å². The van der Waals surface area contributed by atoms with E-state index in [4.69, 9.17) is 4.74 Å². The summed E-state index contributed by atoms with van der Waals surface area (Å²) in [6, 6.07) is 19.7. The van der Waals surface area contributed by atoms with Gasteiger partial charge in [0.15, 0.2) is 0 Å². The molecule has 0 saturated heterocycles. The number of carbonyl (C=O) groups excluding carboxylic acids is 1. The average molecular weight is 398 g/mol. The van der Waals surface area contributed by atoms with Crippen LogP contribution in [0.5, 0.6) is 0 Å². The minimum atomic E-state index is -1.06. The van der Waals surface area contributed by atoms with Crippen LogP contribution in [0, 0.1) is 0 Å². The van der Waals surface area contributed by atoms with Crippen molar-refractivity contribution in [2.45, 2.75) is 18.9 Å². The Kier molecular flexibility index (Phi) is 7.29. The Labute approximate surface area is 169 Å². The molecule has 0 bridgehead atoms. The van der Waals surface area contributed by atoms with Crippen molar-refractivity contribution in [1.82, 2.24) is 4.98 Å². The van der Waals surface area contributed by atoms with Crippen LogP contribution in [0.1, 0.15) is 50.8 Å². The number of ether oxygens (including phenoxy) is 1. The number of rotatable bonds is 6. The van der Waals surface area contributed by atoms with Gasteiger partial charge >= 0.3 is 11.9 Å². The largest absolute Gasteiger partial charge is 0.478 e. The second-order valence-electron chi connectivity index (χ2n) is 6.16. The van der Waals surface area contributed by atoms with E-state index < -0.39 is 18.0 Å². The summed E-state index contributed by atoms with van der Waals surface area (Å²) in [5.74, 6) is -1.90. The molecule has 144 valence electrons. The third kappa shape index (κ3) is 4.75. The fourth-order valence-electron chi connectivity index (χ4n) is 3.00. The van der Waals surface area contributed by atoms with E-state index in [-0.39, 0.29) is 23.9 Å². The molecule has 0 amide bonds. The molecule has 6 heteroatoms. The second-order valence-corrected chi connectivity index (χ2v) is 6.16. The van der Waals surface area contributed by atoms with E-state index in [1.54, 1.807) is 36.5 Å². The molecule has 0 aliphatic rings. The van der Waals surface area contributed by atoms with Gasteiger partial charge in [0, 0.05) is 18.3 Å². The zero-order valence-electron chi connectivity index (χ0n) is 15.2. The molecule has 0 aliphatic carbocycles. The van der Waals surface area contributed by atoms with Crippen molar-refractivity contribution < 1.29 is 19.4 Å². The third-order valence-corrected chi connectivity index (χ3v) is 4.40. The Morgan fingerprint density at radius 1 is 0.964 bits per heavy atom. The number of carboxylic acids is 1. The summed E-state index contributed by atoms with van der Waals surface area (Å²) >= 11 is 0. The minimum absolute atomic E-state index is 0. The summed E-state index contributed by atoms with van der Waals surface area (Å²) in [5.41, 5.74) is 1.90. The van der Waals surface area contributed by atoms with Gasteiger partial charge < -0.3 is 9.84 Å². The van der Waals surface area contributed by atoms with E-state index in [0.717, 1.165) is 5.56 Å². The Balaban J connectivity index is 0.00000280. The number of halogens is 1. The highest BCUT2D eigenvalue weighted by Gasteiger charge is 2.28. The molecule has 0 spiro atoms. The molecule has 1 N–H and O–H groups in total. The van der Waals surface area contributed by atoms with Gasteiger partial charge in [0.05, 0.1) is 11.1 Å². The van der Waals surface area contributed by atoms with Crippen molar-refractivity contribution in [2.75, 3.05) is 0 Å². The first-order valence-electron chi connectivity index (χ1n) is 8.56. The number of aromatic nitrogens is 1. The van der Waals surface area contributed by atoms with E-state index in [0.29, 0.717) is 11.1 Å². The number of hydrogen-bond acceptors (Lipinski definition) is 4. The molecule has 3 rings (SSSR count). The van der Waals surface area contributed by atoms with Crippen LogP contribution in [0.15, 0.2) is 79.1 Å². The van der Waals surface area contributed by atoms with Gasteiger partial charge in [0.25, 0.3) is 0 Å². The molecule has 3 aromatic rings. The fourth-order valence-corrected chi connectivity index (χ4v) is 3.00. The fraction of sp³-hybridized carbons (Fsp3) is 0.136. The maximum absolute atomic E-state index is 12.6. The minimum Gasteiger partial charge on any atom is -0.478 e. The average Bonchev–Trinajstić information content (AvgIpc) is 2.72. The Hall–Kier alpha value is -3.18. The van der Waals surface area contributed by atoms with Crippen LogP contribution >= 0.6 is 12.4 Å². The molecule has 2 unspecified atom stereocenters. The number of benzene rings is 2. The van der Waals surface area contributed by atoms with Gasteiger partial charge in [0.2, 0.25) is 0 Å². The first-order valence-corrected chi connectivity index (χ1v) is 8.56. The van der Waals surface area contributed by atoms with E-state index in [1.165, 1.54) is 6.20 Å². The topological polar surface area (TPSA) is 76.5 Å². The molecular weight excluding hydrogens is 378 g/mol. The van der Waals surface area contributed by atoms with Crippen LogP contribution in [-0.4, -0.2) is 22.0 Å². The lowest BCUT2D eigenvalue weighted by molar-refractivity contribution is 0.0239. The summed E-state index contributed by atoms with van der Waals surface area (Å²) in [6.07, 6.45) is 2.22. The van der Waals surface area contributed by atoms with Gasteiger partial charge in [-0.05, 0) is 29.3 Å². The molecular formula is C22H20ClNO4. The van der Waals surface area contributed by atoms with Crippen molar-refractivity contribution >= 4 is 24.3 Å². The second kappa shape index (κ2) is 9.67. The standard InChI is InChI=1S/C22H19NO4.ClH/c1-15(18-12-13-23-14-19(18)21(24)25)20(16-8-4-2-5-9-16)27-22(26)17-10-6-3-7-11-17;/h2-15,20H,1H3,(H,24,25);1H. The van der Waals surface area contributed by atoms with Gasteiger partial charge in [-0.1, -0.05) is 55.5 Å². The van der Waals surface area contributed by atoms with Crippen LogP contribution in [0.3, 0.4) is 0 Å². The molecule has 28 heavy (non-hydrogen) atoms. The van der Waals surface area contributed by atoms with Gasteiger partial charge in [-0.2, -0.15) is 0 Å². The highest BCUT2D eigenvalue weighted by molar-refractivity contribution is 5.90. The summed E-state index contributed by atoms with van der Waals surface area (Å²) in [6.45, 7) is 1.84. The van der Waals surface area contributed by atoms with Crippen LogP contribution in [-0.2, 0) is 4.74 Å². The number of esters is 1.